The van der Waals surface area contributed by atoms with Crippen LogP contribution in [0.25, 0.3) is 16.7 Å². The fraction of sp³-hybridized carbons (Fsp3) is 0.500. The number of halogens is 3. The van der Waals surface area contributed by atoms with Crippen molar-refractivity contribution in [3.05, 3.63) is 52.8 Å². The van der Waals surface area contributed by atoms with Gasteiger partial charge in [0.15, 0.2) is 0 Å². The van der Waals surface area contributed by atoms with Gasteiger partial charge < -0.3 is 14.6 Å². The lowest BCUT2D eigenvalue weighted by atomic mass is 9.63. The molecule has 200 valence electrons. The van der Waals surface area contributed by atoms with Gasteiger partial charge in [-0.2, -0.15) is 13.2 Å². The average Bonchev–Trinajstić information content (AvgIpc) is 3.21. The van der Waals surface area contributed by atoms with E-state index in [-0.39, 0.29) is 39.7 Å². The van der Waals surface area contributed by atoms with Crippen molar-refractivity contribution in [2.24, 2.45) is 0 Å². The van der Waals surface area contributed by atoms with Gasteiger partial charge in [0.2, 0.25) is 5.82 Å². The zero-order valence-electron chi connectivity index (χ0n) is 21.8. The lowest BCUT2D eigenvalue weighted by Gasteiger charge is -2.42. The van der Waals surface area contributed by atoms with Crippen LogP contribution >= 0.6 is 0 Å². The van der Waals surface area contributed by atoms with Crippen molar-refractivity contribution in [2.75, 3.05) is 19.8 Å². The summed E-state index contributed by atoms with van der Waals surface area (Å²) in [6, 6.07) is 7.47. The summed E-state index contributed by atoms with van der Waals surface area (Å²) in [7, 11) is 0. The van der Waals surface area contributed by atoms with E-state index in [1.165, 1.54) is 12.1 Å². The number of carboxylic acid groups (broad SMARTS) is 1. The molecular formula is C28H33F3N2O4. The van der Waals surface area contributed by atoms with E-state index in [1.54, 1.807) is 6.07 Å². The molecule has 4 rings (SSSR count). The maximum Gasteiger partial charge on any atom is 0.450 e. The number of carboxylic acids is 1. The number of carbonyl (C=O) groups is 1. The molecular weight excluding hydrogens is 485 g/mol. The first-order chi connectivity index (χ1) is 17.3. The third-order valence-electron chi connectivity index (χ3n) is 7.16. The Bertz CT molecular complexity index is 1330. The van der Waals surface area contributed by atoms with E-state index in [0.29, 0.717) is 19.0 Å². The molecule has 0 unspecified atom stereocenters. The minimum Gasteiger partial charge on any atom is -0.489 e. The third-order valence-corrected chi connectivity index (χ3v) is 7.16. The van der Waals surface area contributed by atoms with Gasteiger partial charge >= 0.3 is 12.1 Å². The summed E-state index contributed by atoms with van der Waals surface area (Å²) in [5.41, 5.74) is 1.75. The Morgan fingerprint density at radius 3 is 2.27 bits per heavy atom. The smallest absolute Gasteiger partial charge is 0.450 e. The number of alkyl halides is 3. The Labute approximate surface area is 214 Å². The average molecular weight is 519 g/mol. The zero-order chi connectivity index (χ0) is 27.2. The molecule has 0 saturated carbocycles. The van der Waals surface area contributed by atoms with Gasteiger partial charge in [-0.1, -0.05) is 34.6 Å². The van der Waals surface area contributed by atoms with Crippen LogP contribution in [0.1, 0.15) is 81.2 Å². The Kier molecular flexibility index (Phi) is 7.05. The molecule has 1 aliphatic carbocycles. The van der Waals surface area contributed by atoms with E-state index in [1.807, 2.05) is 13.0 Å². The molecule has 1 aliphatic rings. The highest BCUT2D eigenvalue weighted by molar-refractivity contribution is 5.93. The third kappa shape index (κ3) is 5.19. The van der Waals surface area contributed by atoms with Gasteiger partial charge in [0, 0.05) is 6.61 Å². The Balaban J connectivity index is 1.98. The maximum absolute atomic E-state index is 14.3. The molecule has 1 heterocycles. The maximum atomic E-state index is 14.3. The highest BCUT2D eigenvalue weighted by Gasteiger charge is 2.41. The van der Waals surface area contributed by atoms with Crippen molar-refractivity contribution in [3.8, 4) is 11.4 Å². The molecule has 2 aromatic carbocycles. The number of ether oxygens (including phenoxy) is 2. The number of benzene rings is 2. The van der Waals surface area contributed by atoms with Crippen LogP contribution in [-0.2, 0) is 21.7 Å². The number of aromatic nitrogens is 2. The van der Waals surface area contributed by atoms with Gasteiger partial charge in [0.1, 0.15) is 12.4 Å². The second-order valence-electron chi connectivity index (χ2n) is 10.9. The highest BCUT2D eigenvalue weighted by Crippen LogP contribution is 2.49. The first-order valence-corrected chi connectivity index (χ1v) is 12.5. The standard InChI is InChI=1S/C28H33F3N2O4/c1-6-11-36-12-13-37-23-16-19-18(26(2,3)9-10-27(19,4)5)15-22(23)33-21-8-7-17(24(34)35)14-20(21)32-25(33)28(29,30)31/h7-8,14-16H,6,9-13H2,1-5H3,(H,34,35). The normalized spacial score (nSPS) is 16.5. The molecule has 37 heavy (non-hydrogen) atoms. The van der Waals surface area contributed by atoms with E-state index in [2.05, 4.69) is 32.7 Å². The summed E-state index contributed by atoms with van der Waals surface area (Å²) in [6.45, 7) is 11.5. The largest absolute Gasteiger partial charge is 0.489 e. The minimum atomic E-state index is -4.78. The number of rotatable bonds is 8. The van der Waals surface area contributed by atoms with Gasteiger partial charge in [0.25, 0.3) is 0 Å². The predicted molar refractivity (Wildman–Crippen MR) is 135 cm³/mol. The lowest BCUT2D eigenvalue weighted by Crippen LogP contribution is -2.34. The second kappa shape index (κ2) is 9.67. The van der Waals surface area contributed by atoms with Crippen LogP contribution in [0.2, 0.25) is 0 Å². The van der Waals surface area contributed by atoms with Gasteiger partial charge in [-0.05, 0) is 71.6 Å². The van der Waals surface area contributed by atoms with Crippen LogP contribution in [0.3, 0.4) is 0 Å². The van der Waals surface area contributed by atoms with E-state index >= 15 is 0 Å². The number of hydrogen-bond donors (Lipinski definition) is 1. The summed E-state index contributed by atoms with van der Waals surface area (Å²) in [5.74, 6) is -2.07. The Morgan fingerprint density at radius 1 is 1.03 bits per heavy atom. The van der Waals surface area contributed by atoms with Crippen molar-refractivity contribution in [1.82, 2.24) is 9.55 Å². The van der Waals surface area contributed by atoms with Crippen LogP contribution in [0.4, 0.5) is 13.2 Å². The number of nitrogens with zero attached hydrogens (tertiary/aromatic N) is 2. The van der Waals surface area contributed by atoms with Crippen molar-refractivity contribution in [3.63, 3.8) is 0 Å². The second-order valence-corrected chi connectivity index (χ2v) is 10.9. The molecule has 0 amide bonds. The number of fused-ring (bicyclic) bond motifs is 2. The summed E-state index contributed by atoms with van der Waals surface area (Å²) in [4.78, 5) is 15.3. The molecule has 0 bridgehead atoms. The molecule has 0 fully saturated rings. The SMILES string of the molecule is CCCOCCOc1cc2c(cc1-n1c(C(F)(F)F)nc3cc(C(=O)O)ccc31)C(C)(C)CCC2(C)C. The van der Waals surface area contributed by atoms with Crippen LogP contribution < -0.4 is 4.74 Å². The minimum absolute atomic E-state index is 0.0539. The van der Waals surface area contributed by atoms with Crippen LogP contribution in [0, 0.1) is 0 Å². The van der Waals surface area contributed by atoms with Gasteiger partial charge in [-0.25, -0.2) is 9.78 Å². The molecule has 1 aromatic heterocycles. The first kappa shape index (κ1) is 27.0. The summed E-state index contributed by atoms with van der Waals surface area (Å²) >= 11 is 0. The molecule has 1 N–H and O–H groups in total. The van der Waals surface area contributed by atoms with Crippen molar-refractivity contribution in [2.45, 2.75) is 70.9 Å². The number of imidazole rings is 1. The number of hydrogen-bond acceptors (Lipinski definition) is 4. The van der Waals surface area contributed by atoms with Crippen LogP contribution in [-0.4, -0.2) is 40.4 Å². The van der Waals surface area contributed by atoms with Gasteiger partial charge in [-0.15, -0.1) is 0 Å². The van der Waals surface area contributed by atoms with Crippen LogP contribution in [0.15, 0.2) is 30.3 Å². The molecule has 0 aliphatic heterocycles. The molecule has 3 aromatic rings. The molecule has 0 spiro atoms. The van der Waals surface area contributed by atoms with Crippen molar-refractivity contribution in [1.29, 1.82) is 0 Å². The zero-order valence-corrected chi connectivity index (χ0v) is 21.8. The van der Waals surface area contributed by atoms with E-state index in [9.17, 15) is 23.1 Å². The Hall–Kier alpha value is -3.07. The summed E-state index contributed by atoms with van der Waals surface area (Å²) in [5, 5.41) is 9.35. The topological polar surface area (TPSA) is 73.6 Å². The van der Waals surface area contributed by atoms with Crippen molar-refractivity contribution >= 4 is 17.0 Å². The van der Waals surface area contributed by atoms with Gasteiger partial charge in [-0.3, -0.25) is 4.57 Å². The van der Waals surface area contributed by atoms with E-state index < -0.39 is 18.0 Å². The molecule has 6 nitrogen and oxygen atoms in total. The quantitative estimate of drug-likeness (QED) is 0.329. The molecule has 0 atom stereocenters. The molecule has 9 heteroatoms. The first-order valence-electron chi connectivity index (χ1n) is 12.5. The van der Waals surface area contributed by atoms with Crippen molar-refractivity contribution < 1.29 is 32.5 Å². The fourth-order valence-corrected chi connectivity index (χ4v) is 4.98. The predicted octanol–water partition coefficient (Wildman–Crippen LogP) is 6.90. The molecule has 0 saturated heterocycles. The molecule has 0 radical (unpaired) electrons. The number of aromatic carboxylic acids is 1. The summed E-state index contributed by atoms with van der Waals surface area (Å²) < 4.78 is 55.6. The monoisotopic (exact) mass is 518 g/mol. The highest BCUT2D eigenvalue weighted by atomic mass is 19.4. The van der Waals surface area contributed by atoms with E-state index in [0.717, 1.165) is 41.0 Å². The van der Waals surface area contributed by atoms with Gasteiger partial charge in [0.05, 0.1) is 28.9 Å². The fourth-order valence-electron chi connectivity index (χ4n) is 4.98. The van der Waals surface area contributed by atoms with E-state index in [4.69, 9.17) is 9.47 Å². The summed E-state index contributed by atoms with van der Waals surface area (Å²) in [6.07, 6.45) is -2.11. The lowest BCUT2D eigenvalue weighted by molar-refractivity contribution is -0.145. The Morgan fingerprint density at radius 2 is 1.68 bits per heavy atom. The van der Waals surface area contributed by atoms with Crippen LogP contribution in [0.5, 0.6) is 5.75 Å².